The Morgan fingerprint density at radius 3 is 2.65 bits per heavy atom. The Bertz CT molecular complexity index is 765. The van der Waals surface area contributed by atoms with E-state index in [1.165, 1.54) is 6.07 Å². The topological polar surface area (TPSA) is 55.4 Å². The van der Waals surface area contributed by atoms with Gasteiger partial charge < -0.3 is 10.1 Å². The zero-order valence-electron chi connectivity index (χ0n) is 12.0. The number of nitrogens with one attached hydrogen (secondary N) is 1. The highest BCUT2D eigenvalue weighted by atomic mass is 35.5. The standard InChI is InChI=1S/C16H12Cl2FNO3/c1-9-12(17)3-2-4-14(9)20-15(21)8-23-16(22)11-7-10(19)5-6-13(11)18/h2-7H,8H2,1H3,(H,20,21). The maximum absolute atomic E-state index is 13.1. The summed E-state index contributed by atoms with van der Waals surface area (Å²) in [5.41, 5.74) is 1.07. The maximum atomic E-state index is 13.1. The number of anilines is 1. The largest absolute Gasteiger partial charge is 0.452 e. The minimum atomic E-state index is -0.882. The summed E-state index contributed by atoms with van der Waals surface area (Å²) in [6, 6.07) is 8.35. The van der Waals surface area contributed by atoms with Crippen molar-refractivity contribution in [2.75, 3.05) is 11.9 Å². The lowest BCUT2D eigenvalue weighted by Gasteiger charge is -2.10. The van der Waals surface area contributed by atoms with Crippen LogP contribution in [0.5, 0.6) is 0 Å². The van der Waals surface area contributed by atoms with E-state index >= 15 is 0 Å². The van der Waals surface area contributed by atoms with Crippen molar-refractivity contribution in [1.29, 1.82) is 0 Å². The van der Waals surface area contributed by atoms with Crippen molar-refractivity contribution in [3.63, 3.8) is 0 Å². The highest BCUT2D eigenvalue weighted by Crippen LogP contribution is 2.23. The van der Waals surface area contributed by atoms with Gasteiger partial charge in [-0.2, -0.15) is 0 Å². The summed E-state index contributed by atoms with van der Waals surface area (Å²) in [7, 11) is 0. The van der Waals surface area contributed by atoms with Crippen molar-refractivity contribution in [2.24, 2.45) is 0 Å². The monoisotopic (exact) mass is 355 g/mol. The molecule has 2 rings (SSSR count). The van der Waals surface area contributed by atoms with E-state index in [0.717, 1.165) is 12.1 Å². The number of amides is 1. The molecule has 0 aromatic heterocycles. The lowest BCUT2D eigenvalue weighted by molar-refractivity contribution is -0.119. The van der Waals surface area contributed by atoms with Crippen molar-refractivity contribution in [2.45, 2.75) is 6.92 Å². The number of rotatable bonds is 4. The first-order chi connectivity index (χ1) is 10.9. The molecule has 0 saturated carbocycles. The summed E-state index contributed by atoms with van der Waals surface area (Å²) >= 11 is 11.7. The molecule has 0 heterocycles. The van der Waals surface area contributed by atoms with E-state index in [4.69, 9.17) is 27.9 Å². The Morgan fingerprint density at radius 1 is 1.17 bits per heavy atom. The molecule has 4 nitrogen and oxygen atoms in total. The summed E-state index contributed by atoms with van der Waals surface area (Å²) in [6.45, 7) is 1.22. The molecule has 1 N–H and O–H groups in total. The molecule has 0 spiro atoms. The van der Waals surface area contributed by atoms with Crippen molar-refractivity contribution in [1.82, 2.24) is 0 Å². The fourth-order valence-corrected chi connectivity index (χ4v) is 2.16. The average molecular weight is 356 g/mol. The second-order valence-electron chi connectivity index (χ2n) is 4.66. The Balaban J connectivity index is 1.98. The Hall–Kier alpha value is -2.11. The van der Waals surface area contributed by atoms with Gasteiger partial charge in [-0.25, -0.2) is 9.18 Å². The van der Waals surface area contributed by atoms with Crippen LogP contribution in [0.3, 0.4) is 0 Å². The lowest BCUT2D eigenvalue weighted by Crippen LogP contribution is -2.21. The first-order valence-electron chi connectivity index (χ1n) is 6.55. The van der Waals surface area contributed by atoms with E-state index in [1.54, 1.807) is 25.1 Å². The van der Waals surface area contributed by atoms with Crippen LogP contribution in [-0.4, -0.2) is 18.5 Å². The normalized spacial score (nSPS) is 10.3. The van der Waals surface area contributed by atoms with Crippen LogP contribution in [0.1, 0.15) is 15.9 Å². The second kappa shape index (κ2) is 7.44. The molecule has 0 aliphatic rings. The van der Waals surface area contributed by atoms with Crippen LogP contribution in [0.15, 0.2) is 36.4 Å². The van der Waals surface area contributed by atoms with Crippen LogP contribution < -0.4 is 5.32 Å². The molecule has 0 radical (unpaired) electrons. The van der Waals surface area contributed by atoms with Gasteiger partial charge in [0.1, 0.15) is 5.82 Å². The van der Waals surface area contributed by atoms with Gasteiger partial charge in [0.05, 0.1) is 10.6 Å². The van der Waals surface area contributed by atoms with Gasteiger partial charge in [-0.3, -0.25) is 4.79 Å². The molecule has 7 heteroatoms. The van der Waals surface area contributed by atoms with E-state index in [0.29, 0.717) is 16.3 Å². The smallest absolute Gasteiger partial charge is 0.340 e. The summed E-state index contributed by atoms with van der Waals surface area (Å²) in [6.07, 6.45) is 0. The Morgan fingerprint density at radius 2 is 1.91 bits per heavy atom. The van der Waals surface area contributed by atoms with Crippen molar-refractivity contribution >= 4 is 40.8 Å². The van der Waals surface area contributed by atoms with Crippen LogP contribution >= 0.6 is 23.2 Å². The molecular weight excluding hydrogens is 344 g/mol. The van der Waals surface area contributed by atoms with Crippen molar-refractivity contribution in [3.8, 4) is 0 Å². The Kier molecular flexibility index (Phi) is 5.58. The molecule has 0 bridgehead atoms. The van der Waals surface area contributed by atoms with E-state index in [-0.39, 0.29) is 10.6 Å². The first kappa shape index (κ1) is 17.2. The summed E-state index contributed by atoms with van der Waals surface area (Å²) in [5.74, 6) is -2.05. The molecule has 0 aliphatic heterocycles. The number of ether oxygens (including phenoxy) is 1. The third-order valence-electron chi connectivity index (χ3n) is 3.02. The van der Waals surface area contributed by atoms with Gasteiger partial charge in [-0.15, -0.1) is 0 Å². The van der Waals surface area contributed by atoms with Gasteiger partial charge in [-0.05, 0) is 42.8 Å². The van der Waals surface area contributed by atoms with Gasteiger partial charge in [0.2, 0.25) is 0 Å². The molecule has 0 saturated heterocycles. The average Bonchev–Trinajstić information content (AvgIpc) is 2.52. The zero-order valence-corrected chi connectivity index (χ0v) is 13.5. The highest BCUT2D eigenvalue weighted by molar-refractivity contribution is 6.33. The number of esters is 1. The number of halogens is 3. The maximum Gasteiger partial charge on any atom is 0.340 e. The third-order valence-corrected chi connectivity index (χ3v) is 3.76. The third kappa shape index (κ3) is 4.43. The number of carbonyl (C=O) groups excluding carboxylic acids is 2. The van der Waals surface area contributed by atoms with Crippen molar-refractivity contribution in [3.05, 3.63) is 63.4 Å². The number of hydrogen-bond acceptors (Lipinski definition) is 3. The van der Waals surface area contributed by atoms with Gasteiger partial charge in [0.15, 0.2) is 6.61 Å². The number of benzene rings is 2. The molecule has 0 aliphatic carbocycles. The molecule has 120 valence electrons. The van der Waals surface area contributed by atoms with E-state index in [1.807, 2.05) is 0 Å². The van der Waals surface area contributed by atoms with Crippen LogP contribution in [0.2, 0.25) is 10.0 Å². The summed E-state index contributed by atoms with van der Waals surface area (Å²) < 4.78 is 18.0. The first-order valence-corrected chi connectivity index (χ1v) is 7.31. The van der Waals surface area contributed by atoms with Crippen LogP contribution in [-0.2, 0) is 9.53 Å². The molecule has 1 amide bonds. The second-order valence-corrected chi connectivity index (χ2v) is 5.48. The summed E-state index contributed by atoms with van der Waals surface area (Å²) in [4.78, 5) is 23.6. The van der Waals surface area contributed by atoms with Gasteiger partial charge in [-0.1, -0.05) is 29.3 Å². The molecule has 23 heavy (non-hydrogen) atoms. The van der Waals surface area contributed by atoms with Crippen LogP contribution in [0.4, 0.5) is 10.1 Å². The highest BCUT2D eigenvalue weighted by Gasteiger charge is 2.15. The van der Waals surface area contributed by atoms with E-state index < -0.39 is 24.3 Å². The molecule has 0 atom stereocenters. The SMILES string of the molecule is Cc1c(Cl)cccc1NC(=O)COC(=O)c1cc(F)ccc1Cl. The molecule has 0 fully saturated rings. The molecule has 2 aromatic carbocycles. The van der Waals surface area contributed by atoms with E-state index in [9.17, 15) is 14.0 Å². The fraction of sp³-hybridized carbons (Fsp3) is 0.125. The van der Waals surface area contributed by atoms with Gasteiger partial charge >= 0.3 is 5.97 Å². The lowest BCUT2D eigenvalue weighted by atomic mass is 10.2. The predicted molar refractivity (Wildman–Crippen MR) is 86.5 cm³/mol. The zero-order chi connectivity index (χ0) is 17.0. The van der Waals surface area contributed by atoms with Gasteiger partial charge in [0.25, 0.3) is 5.91 Å². The minimum absolute atomic E-state index is 0.0440. The van der Waals surface area contributed by atoms with Gasteiger partial charge in [0, 0.05) is 10.7 Å². The van der Waals surface area contributed by atoms with Crippen molar-refractivity contribution < 1.29 is 18.7 Å². The summed E-state index contributed by atoms with van der Waals surface area (Å²) in [5, 5.41) is 3.13. The fourth-order valence-electron chi connectivity index (χ4n) is 1.79. The number of carbonyl (C=O) groups is 2. The predicted octanol–water partition coefficient (Wildman–Crippen LogP) is 4.24. The molecule has 2 aromatic rings. The Labute approximate surface area is 142 Å². The van der Waals surface area contributed by atoms with Crippen LogP contribution in [0.25, 0.3) is 0 Å². The minimum Gasteiger partial charge on any atom is -0.452 e. The molecular formula is C16H12Cl2FNO3. The quantitative estimate of drug-likeness (QED) is 0.834. The molecule has 0 unspecified atom stereocenters. The van der Waals surface area contributed by atoms with E-state index in [2.05, 4.69) is 5.32 Å². The number of hydrogen-bond donors (Lipinski definition) is 1. The van der Waals surface area contributed by atoms with Crippen LogP contribution in [0, 0.1) is 12.7 Å².